The van der Waals surface area contributed by atoms with Gasteiger partial charge in [0.05, 0.1) is 7.11 Å². The molecule has 3 rings (SSSR count). The normalized spacial score (nSPS) is 27.4. The third-order valence-corrected chi connectivity index (χ3v) is 4.20. The summed E-state index contributed by atoms with van der Waals surface area (Å²) >= 11 is 0. The lowest BCUT2D eigenvalue weighted by Crippen LogP contribution is -2.35. The number of hydrogen-bond acceptors (Lipinski definition) is 2. The van der Waals surface area contributed by atoms with E-state index in [9.17, 15) is 0 Å². The molecule has 0 amide bonds. The standard InChI is InChI=1S/C14H19NO/c1-16-13-8-6-9-5-7-12(15)10-3-2-4-11(13)14(9)10/h6,8,10,12H,2-5,7,15H2,1H3. The highest BCUT2D eigenvalue weighted by atomic mass is 16.5. The van der Waals surface area contributed by atoms with Crippen LogP contribution < -0.4 is 10.5 Å². The van der Waals surface area contributed by atoms with Gasteiger partial charge in [-0.25, -0.2) is 0 Å². The maximum atomic E-state index is 6.26. The monoisotopic (exact) mass is 217 g/mol. The van der Waals surface area contributed by atoms with Crippen molar-refractivity contribution in [3.8, 4) is 5.75 Å². The molecule has 0 saturated heterocycles. The third-order valence-electron chi connectivity index (χ3n) is 4.20. The van der Waals surface area contributed by atoms with E-state index < -0.39 is 0 Å². The number of benzene rings is 1. The molecule has 1 aromatic carbocycles. The van der Waals surface area contributed by atoms with Gasteiger partial charge >= 0.3 is 0 Å². The number of aryl methyl sites for hydroxylation is 1. The average Bonchev–Trinajstić information content (AvgIpc) is 2.34. The van der Waals surface area contributed by atoms with Gasteiger partial charge in [-0.05, 0) is 60.8 Å². The van der Waals surface area contributed by atoms with Crippen molar-refractivity contribution in [2.24, 2.45) is 5.73 Å². The van der Waals surface area contributed by atoms with Crippen LogP contribution in [0, 0.1) is 0 Å². The fourth-order valence-corrected chi connectivity index (χ4v) is 3.42. The molecule has 0 aliphatic heterocycles. The van der Waals surface area contributed by atoms with Crippen LogP contribution in [0.2, 0.25) is 0 Å². The van der Waals surface area contributed by atoms with Gasteiger partial charge in [-0.1, -0.05) is 6.07 Å². The Balaban J connectivity index is 2.18. The number of nitrogens with two attached hydrogens (primary N) is 1. The Kier molecular flexibility index (Phi) is 2.40. The topological polar surface area (TPSA) is 35.2 Å². The van der Waals surface area contributed by atoms with Crippen molar-refractivity contribution in [2.75, 3.05) is 7.11 Å². The summed E-state index contributed by atoms with van der Waals surface area (Å²) in [4.78, 5) is 0. The Morgan fingerprint density at radius 1 is 1.25 bits per heavy atom. The lowest BCUT2D eigenvalue weighted by Gasteiger charge is -2.37. The van der Waals surface area contributed by atoms with Crippen LogP contribution in [-0.2, 0) is 12.8 Å². The van der Waals surface area contributed by atoms with Crippen molar-refractivity contribution < 1.29 is 4.74 Å². The van der Waals surface area contributed by atoms with E-state index in [0.717, 1.165) is 25.0 Å². The molecule has 1 aromatic rings. The van der Waals surface area contributed by atoms with E-state index in [1.54, 1.807) is 7.11 Å². The van der Waals surface area contributed by atoms with Crippen LogP contribution in [0.3, 0.4) is 0 Å². The van der Waals surface area contributed by atoms with Crippen molar-refractivity contribution in [3.05, 3.63) is 28.8 Å². The van der Waals surface area contributed by atoms with E-state index in [0.29, 0.717) is 12.0 Å². The smallest absolute Gasteiger partial charge is 0.122 e. The van der Waals surface area contributed by atoms with Gasteiger partial charge in [0, 0.05) is 6.04 Å². The van der Waals surface area contributed by atoms with E-state index in [1.165, 1.54) is 29.5 Å². The molecule has 2 aliphatic rings. The zero-order valence-electron chi connectivity index (χ0n) is 9.83. The highest BCUT2D eigenvalue weighted by Gasteiger charge is 2.32. The second-order valence-electron chi connectivity index (χ2n) is 5.02. The highest BCUT2D eigenvalue weighted by molar-refractivity contribution is 5.50. The Morgan fingerprint density at radius 2 is 2.12 bits per heavy atom. The first-order valence-electron chi connectivity index (χ1n) is 6.25. The molecule has 86 valence electrons. The van der Waals surface area contributed by atoms with Crippen molar-refractivity contribution in [1.29, 1.82) is 0 Å². The highest BCUT2D eigenvalue weighted by Crippen LogP contribution is 2.43. The number of methoxy groups -OCH3 is 1. The first-order chi connectivity index (χ1) is 7.81. The molecule has 2 heteroatoms. The summed E-state index contributed by atoms with van der Waals surface area (Å²) < 4.78 is 5.48. The fraction of sp³-hybridized carbons (Fsp3) is 0.571. The maximum Gasteiger partial charge on any atom is 0.122 e. The summed E-state index contributed by atoms with van der Waals surface area (Å²) in [5.41, 5.74) is 10.7. The molecule has 2 nitrogen and oxygen atoms in total. The van der Waals surface area contributed by atoms with Crippen LogP contribution in [0.25, 0.3) is 0 Å². The average molecular weight is 217 g/mol. The second kappa shape index (κ2) is 3.77. The quantitative estimate of drug-likeness (QED) is 0.784. The van der Waals surface area contributed by atoms with Gasteiger partial charge in [-0.15, -0.1) is 0 Å². The first kappa shape index (κ1) is 10.2. The third kappa shape index (κ3) is 1.36. The lowest BCUT2D eigenvalue weighted by molar-refractivity contribution is 0.383. The van der Waals surface area contributed by atoms with Gasteiger partial charge in [0.25, 0.3) is 0 Å². The van der Waals surface area contributed by atoms with E-state index in [1.807, 2.05) is 0 Å². The molecule has 2 aliphatic carbocycles. The minimum Gasteiger partial charge on any atom is -0.496 e. The Bertz CT molecular complexity index is 413. The molecule has 2 N–H and O–H groups in total. The van der Waals surface area contributed by atoms with Crippen LogP contribution in [0.4, 0.5) is 0 Å². The van der Waals surface area contributed by atoms with Gasteiger partial charge in [-0.3, -0.25) is 0 Å². The first-order valence-corrected chi connectivity index (χ1v) is 6.25. The SMILES string of the molecule is COc1ccc2c3c1CCCC3C(N)CC2. The molecular weight excluding hydrogens is 198 g/mol. The Hall–Kier alpha value is -1.02. The van der Waals surface area contributed by atoms with E-state index in [-0.39, 0.29) is 0 Å². The fourth-order valence-electron chi connectivity index (χ4n) is 3.42. The molecule has 0 spiro atoms. The van der Waals surface area contributed by atoms with Crippen molar-refractivity contribution >= 4 is 0 Å². The zero-order valence-corrected chi connectivity index (χ0v) is 9.83. The van der Waals surface area contributed by atoms with Gasteiger partial charge in [0.15, 0.2) is 0 Å². The maximum absolute atomic E-state index is 6.26. The molecule has 0 heterocycles. The number of hydrogen-bond donors (Lipinski definition) is 1. The van der Waals surface area contributed by atoms with Crippen LogP contribution in [-0.4, -0.2) is 13.2 Å². The molecule has 2 atom stereocenters. The van der Waals surface area contributed by atoms with E-state index in [4.69, 9.17) is 10.5 Å². The molecule has 0 fully saturated rings. The largest absolute Gasteiger partial charge is 0.496 e. The lowest BCUT2D eigenvalue weighted by atomic mass is 9.71. The summed E-state index contributed by atoms with van der Waals surface area (Å²) in [5, 5.41) is 0. The van der Waals surface area contributed by atoms with Gasteiger partial charge < -0.3 is 10.5 Å². The van der Waals surface area contributed by atoms with Crippen LogP contribution in [0.1, 0.15) is 41.9 Å². The second-order valence-corrected chi connectivity index (χ2v) is 5.02. The summed E-state index contributed by atoms with van der Waals surface area (Å²) in [7, 11) is 1.77. The van der Waals surface area contributed by atoms with E-state index in [2.05, 4.69) is 12.1 Å². The van der Waals surface area contributed by atoms with Crippen molar-refractivity contribution in [2.45, 2.75) is 44.1 Å². The summed E-state index contributed by atoms with van der Waals surface area (Å²) in [6, 6.07) is 4.73. The summed E-state index contributed by atoms with van der Waals surface area (Å²) in [5.74, 6) is 1.65. The molecule has 0 radical (unpaired) electrons. The number of ether oxygens (including phenoxy) is 1. The molecule has 0 aromatic heterocycles. The molecular formula is C14H19NO. The van der Waals surface area contributed by atoms with Gasteiger partial charge in [0.1, 0.15) is 5.75 Å². The predicted molar refractivity (Wildman–Crippen MR) is 65.0 cm³/mol. The van der Waals surface area contributed by atoms with Crippen LogP contribution in [0.5, 0.6) is 5.75 Å². The minimum absolute atomic E-state index is 0.360. The van der Waals surface area contributed by atoms with Crippen molar-refractivity contribution in [3.63, 3.8) is 0 Å². The Morgan fingerprint density at radius 3 is 2.94 bits per heavy atom. The molecule has 0 saturated carbocycles. The molecule has 16 heavy (non-hydrogen) atoms. The molecule has 2 unspecified atom stereocenters. The summed E-state index contributed by atoms with van der Waals surface area (Å²) in [6.07, 6.45) is 5.96. The summed E-state index contributed by atoms with van der Waals surface area (Å²) in [6.45, 7) is 0. The van der Waals surface area contributed by atoms with Crippen molar-refractivity contribution in [1.82, 2.24) is 0 Å². The predicted octanol–water partition coefficient (Wildman–Crippen LogP) is 2.39. The number of rotatable bonds is 1. The van der Waals surface area contributed by atoms with Crippen LogP contribution >= 0.6 is 0 Å². The van der Waals surface area contributed by atoms with Gasteiger partial charge in [0.2, 0.25) is 0 Å². The zero-order chi connectivity index (χ0) is 11.1. The van der Waals surface area contributed by atoms with Gasteiger partial charge in [-0.2, -0.15) is 0 Å². The molecule has 0 bridgehead atoms. The van der Waals surface area contributed by atoms with E-state index >= 15 is 0 Å². The van der Waals surface area contributed by atoms with Crippen LogP contribution in [0.15, 0.2) is 12.1 Å². The minimum atomic E-state index is 0.360. The Labute approximate surface area is 96.8 Å².